The molecular weight excluding hydrogens is 294 g/mol. The van der Waals surface area contributed by atoms with Crippen molar-refractivity contribution in [1.82, 2.24) is 10.1 Å². The van der Waals surface area contributed by atoms with Crippen molar-refractivity contribution in [2.24, 2.45) is 5.73 Å². The average molecular weight is 315 g/mol. The predicted octanol–water partition coefficient (Wildman–Crippen LogP) is 0.715. The first kappa shape index (κ1) is 14.9. The Bertz CT molecular complexity index is 607. The van der Waals surface area contributed by atoms with Crippen LogP contribution in [0.4, 0.5) is 0 Å². The smallest absolute Gasteiger partial charge is 0.230 e. The summed E-state index contributed by atoms with van der Waals surface area (Å²) in [4.78, 5) is 4.30. The SMILES string of the molecule is CC(N)(COC1CCC1)c1noc(C2CCS(=O)(=O)C2)n1. The van der Waals surface area contributed by atoms with Gasteiger partial charge in [-0.25, -0.2) is 8.42 Å². The van der Waals surface area contributed by atoms with Gasteiger partial charge in [0, 0.05) is 0 Å². The molecule has 0 aromatic carbocycles. The fraction of sp³-hybridized carbons (Fsp3) is 0.846. The quantitative estimate of drug-likeness (QED) is 0.852. The minimum Gasteiger partial charge on any atom is -0.376 e. The Hall–Kier alpha value is -0.990. The molecule has 0 amide bonds. The first-order valence-electron chi connectivity index (χ1n) is 7.31. The highest BCUT2D eigenvalue weighted by molar-refractivity contribution is 7.91. The van der Waals surface area contributed by atoms with Crippen LogP contribution in [0.5, 0.6) is 0 Å². The molecule has 2 aliphatic rings. The highest BCUT2D eigenvalue weighted by Gasteiger charge is 2.36. The molecule has 2 heterocycles. The molecule has 2 atom stereocenters. The summed E-state index contributed by atoms with van der Waals surface area (Å²) >= 11 is 0. The van der Waals surface area contributed by atoms with Gasteiger partial charge in [-0.1, -0.05) is 5.16 Å². The molecule has 1 saturated heterocycles. The molecule has 1 aromatic heterocycles. The maximum absolute atomic E-state index is 11.5. The lowest BCUT2D eigenvalue weighted by Gasteiger charge is -2.29. The van der Waals surface area contributed by atoms with Crippen LogP contribution in [0.25, 0.3) is 0 Å². The lowest BCUT2D eigenvalue weighted by molar-refractivity contribution is -0.0222. The molecule has 2 unspecified atom stereocenters. The first-order chi connectivity index (χ1) is 9.86. The van der Waals surface area contributed by atoms with E-state index in [4.69, 9.17) is 15.0 Å². The molecule has 8 heteroatoms. The van der Waals surface area contributed by atoms with E-state index in [1.54, 1.807) is 6.92 Å². The van der Waals surface area contributed by atoms with Gasteiger partial charge < -0.3 is 15.0 Å². The normalized spacial score (nSPS) is 28.2. The molecular formula is C13H21N3O4S. The fourth-order valence-corrected chi connectivity index (χ4v) is 4.25. The van der Waals surface area contributed by atoms with E-state index in [0.29, 0.717) is 30.8 Å². The largest absolute Gasteiger partial charge is 0.376 e. The van der Waals surface area contributed by atoms with Gasteiger partial charge in [-0.15, -0.1) is 0 Å². The third-order valence-electron chi connectivity index (χ3n) is 4.21. The van der Waals surface area contributed by atoms with Crippen LogP contribution >= 0.6 is 0 Å². The van der Waals surface area contributed by atoms with Gasteiger partial charge in [0.25, 0.3) is 0 Å². The van der Waals surface area contributed by atoms with Crippen LogP contribution in [-0.4, -0.2) is 42.8 Å². The minimum absolute atomic E-state index is 0.0779. The molecule has 0 bridgehead atoms. The number of hydrogen-bond donors (Lipinski definition) is 1. The number of aromatic nitrogens is 2. The van der Waals surface area contributed by atoms with Crippen LogP contribution in [0, 0.1) is 0 Å². The Morgan fingerprint density at radius 3 is 2.76 bits per heavy atom. The molecule has 118 valence electrons. The summed E-state index contributed by atoms with van der Waals surface area (Å²) in [6.45, 7) is 2.13. The number of nitrogens with two attached hydrogens (primary N) is 1. The molecule has 1 aromatic rings. The van der Waals surface area contributed by atoms with Gasteiger partial charge >= 0.3 is 0 Å². The number of sulfone groups is 1. The summed E-state index contributed by atoms with van der Waals surface area (Å²) in [5, 5.41) is 3.92. The van der Waals surface area contributed by atoms with Gasteiger partial charge in [-0.3, -0.25) is 0 Å². The molecule has 2 fully saturated rings. The zero-order valence-corrected chi connectivity index (χ0v) is 12.9. The molecule has 1 aliphatic heterocycles. The first-order valence-corrected chi connectivity index (χ1v) is 9.13. The maximum atomic E-state index is 11.5. The Morgan fingerprint density at radius 1 is 1.43 bits per heavy atom. The van der Waals surface area contributed by atoms with Gasteiger partial charge in [0.05, 0.1) is 30.1 Å². The third-order valence-corrected chi connectivity index (χ3v) is 5.97. The molecule has 0 radical (unpaired) electrons. The van der Waals surface area contributed by atoms with Crippen LogP contribution in [0.3, 0.4) is 0 Å². The Kier molecular flexibility index (Phi) is 3.79. The second kappa shape index (κ2) is 5.33. The Labute approximate surface area is 124 Å². The average Bonchev–Trinajstić information content (AvgIpc) is 2.93. The number of ether oxygens (including phenoxy) is 1. The van der Waals surface area contributed by atoms with Gasteiger partial charge in [-0.05, 0) is 32.6 Å². The van der Waals surface area contributed by atoms with Crippen LogP contribution in [0.1, 0.15) is 50.2 Å². The highest BCUT2D eigenvalue weighted by Crippen LogP contribution is 2.29. The summed E-state index contributed by atoms with van der Waals surface area (Å²) in [6.07, 6.45) is 4.18. The van der Waals surface area contributed by atoms with E-state index in [0.717, 1.165) is 12.8 Å². The van der Waals surface area contributed by atoms with Crippen molar-refractivity contribution in [3.63, 3.8) is 0 Å². The molecule has 3 rings (SSSR count). The Morgan fingerprint density at radius 2 is 2.19 bits per heavy atom. The van der Waals surface area contributed by atoms with E-state index in [1.165, 1.54) is 6.42 Å². The summed E-state index contributed by atoms with van der Waals surface area (Å²) in [7, 11) is -2.97. The van der Waals surface area contributed by atoms with E-state index in [2.05, 4.69) is 10.1 Å². The maximum Gasteiger partial charge on any atom is 0.230 e. The van der Waals surface area contributed by atoms with Crippen LogP contribution in [-0.2, 0) is 20.1 Å². The van der Waals surface area contributed by atoms with E-state index < -0.39 is 15.4 Å². The monoisotopic (exact) mass is 315 g/mol. The van der Waals surface area contributed by atoms with Crippen molar-refractivity contribution >= 4 is 9.84 Å². The molecule has 21 heavy (non-hydrogen) atoms. The summed E-state index contributed by atoms with van der Waals surface area (Å²) in [5.41, 5.74) is 5.38. The third kappa shape index (κ3) is 3.27. The van der Waals surface area contributed by atoms with Crippen molar-refractivity contribution in [2.75, 3.05) is 18.1 Å². The van der Waals surface area contributed by atoms with Crippen molar-refractivity contribution in [2.45, 2.75) is 50.2 Å². The van der Waals surface area contributed by atoms with Gasteiger partial charge in [-0.2, -0.15) is 4.98 Å². The van der Waals surface area contributed by atoms with E-state index in [1.807, 2.05) is 0 Å². The minimum atomic E-state index is -2.97. The highest BCUT2D eigenvalue weighted by atomic mass is 32.2. The zero-order chi connectivity index (χ0) is 15.1. The summed E-state index contributed by atoms with van der Waals surface area (Å²) < 4.78 is 33.9. The lowest BCUT2D eigenvalue weighted by atomic mass is 9.95. The fourth-order valence-electron chi connectivity index (χ4n) is 2.52. The van der Waals surface area contributed by atoms with Crippen molar-refractivity contribution in [3.05, 3.63) is 11.7 Å². The van der Waals surface area contributed by atoms with E-state index >= 15 is 0 Å². The summed E-state index contributed by atoms with van der Waals surface area (Å²) in [5.74, 6) is 0.793. The molecule has 0 spiro atoms. The van der Waals surface area contributed by atoms with Gasteiger partial charge in [0.15, 0.2) is 15.7 Å². The van der Waals surface area contributed by atoms with E-state index in [-0.39, 0.29) is 17.4 Å². The number of nitrogens with zero attached hydrogens (tertiary/aromatic N) is 2. The standard InChI is InChI=1S/C13H21N3O4S/c1-13(14,8-19-10-3-2-4-10)12-15-11(20-16-12)9-5-6-21(17,18)7-9/h9-10H,2-8,14H2,1H3. The van der Waals surface area contributed by atoms with E-state index in [9.17, 15) is 8.42 Å². The van der Waals surface area contributed by atoms with Crippen LogP contribution in [0.15, 0.2) is 4.52 Å². The molecule has 1 aliphatic carbocycles. The van der Waals surface area contributed by atoms with Crippen LogP contribution < -0.4 is 5.73 Å². The Balaban J connectivity index is 1.65. The van der Waals surface area contributed by atoms with Crippen LogP contribution in [0.2, 0.25) is 0 Å². The zero-order valence-electron chi connectivity index (χ0n) is 12.1. The van der Waals surface area contributed by atoms with Crippen molar-refractivity contribution < 1.29 is 17.7 Å². The topological polar surface area (TPSA) is 108 Å². The second-order valence-corrected chi connectivity index (χ2v) is 8.57. The molecule has 2 N–H and O–H groups in total. The predicted molar refractivity (Wildman–Crippen MR) is 75.4 cm³/mol. The molecule has 1 saturated carbocycles. The number of hydrogen-bond acceptors (Lipinski definition) is 7. The lowest BCUT2D eigenvalue weighted by Crippen LogP contribution is -2.41. The summed E-state index contributed by atoms with van der Waals surface area (Å²) in [6, 6.07) is 0. The van der Waals surface area contributed by atoms with Crippen molar-refractivity contribution in [3.8, 4) is 0 Å². The van der Waals surface area contributed by atoms with Crippen molar-refractivity contribution in [1.29, 1.82) is 0 Å². The molecule has 7 nitrogen and oxygen atoms in total. The number of rotatable bonds is 5. The van der Waals surface area contributed by atoms with Gasteiger partial charge in [0.1, 0.15) is 5.54 Å². The second-order valence-electron chi connectivity index (χ2n) is 6.34. The van der Waals surface area contributed by atoms with Gasteiger partial charge in [0.2, 0.25) is 5.89 Å².